The lowest BCUT2D eigenvalue weighted by Gasteiger charge is -2.21. The molecule has 0 bridgehead atoms. The number of fused-ring (bicyclic) bond motifs is 1. The molecular weight excluding hydrogens is 326 g/mol. The van der Waals surface area contributed by atoms with Gasteiger partial charge >= 0.3 is 0 Å². The third-order valence-corrected chi connectivity index (χ3v) is 5.11. The summed E-state index contributed by atoms with van der Waals surface area (Å²) in [4.78, 5) is 27.0. The summed E-state index contributed by atoms with van der Waals surface area (Å²) < 4.78 is 26.7. The summed E-state index contributed by atoms with van der Waals surface area (Å²) in [7, 11) is 0. The molecule has 2 unspecified atom stereocenters. The molecule has 1 N–H and O–H groups in total. The number of carbonyl (C=O) groups excluding carboxylic acids is 2. The SMILES string of the molecule is Cc1ccc(NC(=O)C23CC2CN(c2ccc(F)cc2)C3=O)cc1F. The molecule has 4 rings (SSSR count). The summed E-state index contributed by atoms with van der Waals surface area (Å²) in [5.41, 5.74) is 0.309. The number of nitrogens with zero attached hydrogens (tertiary/aromatic N) is 1. The van der Waals surface area contributed by atoms with Gasteiger partial charge in [0.15, 0.2) is 0 Å². The van der Waals surface area contributed by atoms with Crippen LogP contribution in [0.3, 0.4) is 0 Å². The first kappa shape index (κ1) is 15.7. The van der Waals surface area contributed by atoms with Gasteiger partial charge in [-0.2, -0.15) is 0 Å². The number of anilines is 2. The molecule has 128 valence electrons. The lowest BCUT2D eigenvalue weighted by Crippen LogP contribution is -2.38. The van der Waals surface area contributed by atoms with Crippen LogP contribution in [-0.2, 0) is 9.59 Å². The number of piperidine rings is 1. The first-order chi connectivity index (χ1) is 11.9. The third-order valence-electron chi connectivity index (χ3n) is 5.11. The maximum atomic E-state index is 13.6. The number of amides is 2. The Bertz CT molecular complexity index is 881. The summed E-state index contributed by atoms with van der Waals surface area (Å²) in [5.74, 6) is -1.55. The molecule has 25 heavy (non-hydrogen) atoms. The molecule has 4 nitrogen and oxygen atoms in total. The number of nitrogens with one attached hydrogen (secondary N) is 1. The minimum Gasteiger partial charge on any atom is -0.325 e. The fourth-order valence-corrected chi connectivity index (χ4v) is 3.49. The molecule has 2 fully saturated rings. The van der Waals surface area contributed by atoms with E-state index in [1.165, 1.54) is 35.2 Å². The van der Waals surface area contributed by atoms with Gasteiger partial charge < -0.3 is 10.2 Å². The van der Waals surface area contributed by atoms with Crippen molar-refractivity contribution in [3.63, 3.8) is 0 Å². The van der Waals surface area contributed by atoms with E-state index in [2.05, 4.69) is 5.32 Å². The number of halogens is 2. The number of hydrogen-bond donors (Lipinski definition) is 1. The molecule has 2 aliphatic rings. The predicted octanol–water partition coefficient (Wildman–Crippen LogP) is 3.26. The van der Waals surface area contributed by atoms with Crippen LogP contribution in [0.4, 0.5) is 20.2 Å². The highest BCUT2D eigenvalue weighted by Gasteiger charge is 2.71. The molecule has 2 amide bonds. The van der Waals surface area contributed by atoms with Gasteiger partial charge in [0, 0.05) is 23.8 Å². The Morgan fingerprint density at radius 1 is 1.20 bits per heavy atom. The van der Waals surface area contributed by atoms with Crippen molar-refractivity contribution in [2.75, 3.05) is 16.8 Å². The van der Waals surface area contributed by atoms with Crippen molar-refractivity contribution in [3.05, 3.63) is 59.7 Å². The van der Waals surface area contributed by atoms with E-state index in [-0.39, 0.29) is 17.6 Å². The van der Waals surface area contributed by atoms with Crippen molar-refractivity contribution in [1.29, 1.82) is 0 Å². The van der Waals surface area contributed by atoms with Gasteiger partial charge in [0.2, 0.25) is 11.8 Å². The number of carbonyl (C=O) groups is 2. The Morgan fingerprint density at radius 3 is 2.60 bits per heavy atom. The molecule has 0 radical (unpaired) electrons. The number of hydrogen-bond acceptors (Lipinski definition) is 2. The van der Waals surface area contributed by atoms with Gasteiger partial charge in [-0.1, -0.05) is 6.07 Å². The summed E-state index contributed by atoms with van der Waals surface area (Å²) in [6.45, 7) is 2.07. The number of rotatable bonds is 3. The van der Waals surface area contributed by atoms with Crippen LogP contribution >= 0.6 is 0 Å². The van der Waals surface area contributed by atoms with E-state index in [9.17, 15) is 18.4 Å². The average Bonchev–Trinajstić information content (AvgIpc) is 3.25. The minimum atomic E-state index is -1.09. The van der Waals surface area contributed by atoms with Crippen LogP contribution in [0.1, 0.15) is 12.0 Å². The summed E-state index contributed by atoms with van der Waals surface area (Å²) in [5, 5.41) is 2.66. The van der Waals surface area contributed by atoms with Gasteiger partial charge in [-0.25, -0.2) is 8.78 Å². The van der Waals surface area contributed by atoms with Crippen LogP contribution in [0.25, 0.3) is 0 Å². The molecule has 0 aromatic heterocycles. The quantitative estimate of drug-likeness (QED) is 0.871. The van der Waals surface area contributed by atoms with E-state index in [0.29, 0.717) is 29.9 Å². The average molecular weight is 342 g/mol. The zero-order valence-corrected chi connectivity index (χ0v) is 13.6. The van der Waals surface area contributed by atoms with Crippen LogP contribution < -0.4 is 10.2 Å². The van der Waals surface area contributed by atoms with E-state index < -0.39 is 17.1 Å². The van der Waals surface area contributed by atoms with Gasteiger partial charge in [-0.05, 0) is 55.3 Å². The summed E-state index contributed by atoms with van der Waals surface area (Å²) >= 11 is 0. The topological polar surface area (TPSA) is 49.4 Å². The van der Waals surface area contributed by atoms with Crippen molar-refractivity contribution >= 4 is 23.2 Å². The van der Waals surface area contributed by atoms with Gasteiger partial charge in [0.05, 0.1) is 0 Å². The van der Waals surface area contributed by atoms with E-state index in [1.54, 1.807) is 19.1 Å². The Hall–Kier alpha value is -2.76. The molecule has 2 aromatic carbocycles. The predicted molar refractivity (Wildman–Crippen MR) is 89.1 cm³/mol. The van der Waals surface area contributed by atoms with Gasteiger partial charge in [0.1, 0.15) is 17.0 Å². The maximum absolute atomic E-state index is 13.6. The van der Waals surface area contributed by atoms with Gasteiger partial charge in [-0.3, -0.25) is 9.59 Å². The van der Waals surface area contributed by atoms with Crippen molar-refractivity contribution in [2.45, 2.75) is 13.3 Å². The lowest BCUT2D eigenvalue weighted by molar-refractivity contribution is -0.131. The van der Waals surface area contributed by atoms with Crippen LogP contribution in [0, 0.1) is 29.9 Å². The second-order valence-electron chi connectivity index (χ2n) is 6.68. The number of aryl methyl sites for hydroxylation is 1. The highest BCUT2D eigenvalue weighted by atomic mass is 19.1. The Kier molecular flexibility index (Phi) is 3.39. The smallest absolute Gasteiger partial charge is 0.243 e. The molecule has 1 aliphatic heterocycles. The summed E-state index contributed by atoms with van der Waals surface area (Å²) in [6.07, 6.45) is 0.490. The second kappa shape index (κ2) is 5.37. The van der Waals surface area contributed by atoms with E-state index >= 15 is 0 Å². The first-order valence-corrected chi connectivity index (χ1v) is 8.07. The molecule has 1 heterocycles. The van der Waals surface area contributed by atoms with E-state index in [0.717, 1.165) is 0 Å². The third kappa shape index (κ3) is 2.40. The molecule has 1 saturated carbocycles. The highest BCUT2D eigenvalue weighted by molar-refractivity contribution is 6.20. The zero-order valence-electron chi connectivity index (χ0n) is 13.6. The Labute approximate surface area is 143 Å². The normalized spacial score (nSPS) is 24.2. The maximum Gasteiger partial charge on any atom is 0.243 e. The molecule has 0 spiro atoms. The summed E-state index contributed by atoms with van der Waals surface area (Å²) in [6, 6.07) is 10.1. The largest absolute Gasteiger partial charge is 0.325 e. The monoisotopic (exact) mass is 342 g/mol. The van der Waals surface area contributed by atoms with Crippen molar-refractivity contribution in [2.24, 2.45) is 11.3 Å². The molecular formula is C19H16F2N2O2. The van der Waals surface area contributed by atoms with Crippen molar-refractivity contribution in [3.8, 4) is 0 Å². The molecule has 1 aliphatic carbocycles. The number of benzene rings is 2. The van der Waals surface area contributed by atoms with Crippen LogP contribution in [0.2, 0.25) is 0 Å². The standard InChI is InChI=1S/C19H16F2N2O2/c1-11-2-5-14(8-16(11)21)22-17(24)19-9-12(19)10-23(18(19)25)15-6-3-13(20)4-7-15/h2-8,12H,9-10H2,1H3,(H,22,24). The zero-order chi connectivity index (χ0) is 17.8. The van der Waals surface area contributed by atoms with Gasteiger partial charge in [-0.15, -0.1) is 0 Å². The minimum absolute atomic E-state index is 0.0691. The lowest BCUT2D eigenvalue weighted by atomic mass is 10.0. The van der Waals surface area contributed by atoms with E-state index in [4.69, 9.17) is 0 Å². The van der Waals surface area contributed by atoms with Crippen LogP contribution in [0.5, 0.6) is 0 Å². The first-order valence-electron chi connectivity index (χ1n) is 8.07. The fraction of sp³-hybridized carbons (Fsp3) is 0.263. The molecule has 2 atom stereocenters. The Morgan fingerprint density at radius 2 is 1.92 bits per heavy atom. The van der Waals surface area contributed by atoms with Gasteiger partial charge in [0.25, 0.3) is 0 Å². The van der Waals surface area contributed by atoms with Crippen LogP contribution in [-0.4, -0.2) is 18.4 Å². The molecule has 2 aromatic rings. The molecule has 6 heteroatoms. The Balaban J connectivity index is 1.54. The van der Waals surface area contributed by atoms with E-state index in [1.807, 2.05) is 0 Å². The second-order valence-corrected chi connectivity index (χ2v) is 6.68. The van der Waals surface area contributed by atoms with Crippen molar-refractivity contribution < 1.29 is 18.4 Å². The fourth-order valence-electron chi connectivity index (χ4n) is 3.49. The van der Waals surface area contributed by atoms with Crippen LogP contribution in [0.15, 0.2) is 42.5 Å². The molecule has 1 saturated heterocycles. The highest BCUT2D eigenvalue weighted by Crippen LogP contribution is 2.59. The van der Waals surface area contributed by atoms with Crippen molar-refractivity contribution in [1.82, 2.24) is 0 Å².